The van der Waals surface area contributed by atoms with Crippen molar-refractivity contribution in [2.24, 2.45) is 0 Å². The zero-order valence-corrected chi connectivity index (χ0v) is 18.3. The quantitative estimate of drug-likeness (QED) is 0.511. The van der Waals surface area contributed by atoms with Crippen LogP contribution in [0.4, 0.5) is 5.69 Å². The maximum atomic E-state index is 12.7. The molecule has 1 fully saturated rings. The predicted octanol–water partition coefficient (Wildman–Crippen LogP) is 2.25. The van der Waals surface area contributed by atoms with Gasteiger partial charge in [-0.3, -0.25) is 9.59 Å². The van der Waals surface area contributed by atoms with E-state index < -0.39 is 11.9 Å². The fraction of sp³-hybridized carbons (Fsp3) is 0.333. The molecule has 32 heavy (non-hydrogen) atoms. The van der Waals surface area contributed by atoms with E-state index in [1.165, 1.54) is 0 Å². The molecule has 0 bridgehead atoms. The van der Waals surface area contributed by atoms with Gasteiger partial charge in [0, 0.05) is 19.6 Å². The van der Waals surface area contributed by atoms with E-state index in [1.807, 2.05) is 44.2 Å². The number of aromatic hydroxyl groups is 1. The standard InChI is InChI=1S/C22H23N3O5.C2H6/c26-19-15(22(29)25-9-11-30-12-10-25)7-4-8-16(19)24-18-17(20(27)21(18)28)23-13-14-5-2-1-3-6-14;1-2/h1-8,20,23-24,26-27H,9-13H2;1-2H3. The molecular formula is C24H29N3O5. The first-order valence-electron chi connectivity index (χ1n) is 10.8. The lowest BCUT2D eigenvalue weighted by Crippen LogP contribution is -2.45. The molecule has 2 aromatic carbocycles. The second-order valence-corrected chi connectivity index (χ2v) is 7.13. The molecule has 0 aromatic heterocycles. The van der Waals surface area contributed by atoms with E-state index in [-0.39, 0.29) is 28.6 Å². The van der Waals surface area contributed by atoms with Crippen LogP contribution in [0, 0.1) is 0 Å². The fourth-order valence-corrected chi connectivity index (χ4v) is 3.46. The summed E-state index contributed by atoms with van der Waals surface area (Å²) in [6, 6.07) is 14.3. The Kier molecular flexibility index (Phi) is 7.86. The average Bonchev–Trinajstić information content (AvgIpc) is 2.86. The van der Waals surface area contributed by atoms with Gasteiger partial charge in [-0.05, 0) is 17.7 Å². The van der Waals surface area contributed by atoms with Crippen molar-refractivity contribution in [1.82, 2.24) is 10.2 Å². The molecule has 170 valence electrons. The first-order chi connectivity index (χ1) is 15.6. The van der Waals surface area contributed by atoms with Gasteiger partial charge in [0.15, 0.2) is 11.9 Å². The number of phenols is 1. The highest BCUT2D eigenvalue weighted by atomic mass is 16.5. The highest BCUT2D eigenvalue weighted by Gasteiger charge is 2.38. The Morgan fingerprint density at radius 1 is 1.09 bits per heavy atom. The number of rotatable bonds is 6. The molecule has 1 heterocycles. The lowest BCUT2D eigenvalue weighted by molar-refractivity contribution is -0.124. The number of phenolic OH excluding ortho intramolecular Hbond substituents is 1. The van der Waals surface area contributed by atoms with Crippen LogP contribution < -0.4 is 10.6 Å². The second-order valence-electron chi connectivity index (χ2n) is 7.13. The summed E-state index contributed by atoms with van der Waals surface area (Å²) in [5.74, 6) is -1.01. The number of ketones is 1. The molecule has 1 aliphatic heterocycles. The summed E-state index contributed by atoms with van der Waals surface area (Å²) in [6.45, 7) is 6.27. The Morgan fingerprint density at radius 3 is 2.47 bits per heavy atom. The summed E-state index contributed by atoms with van der Waals surface area (Å²) < 4.78 is 5.26. The molecule has 0 saturated carbocycles. The van der Waals surface area contributed by atoms with Crippen LogP contribution in [-0.2, 0) is 16.1 Å². The smallest absolute Gasteiger partial charge is 0.257 e. The zero-order valence-electron chi connectivity index (χ0n) is 18.3. The van der Waals surface area contributed by atoms with Gasteiger partial charge in [0.05, 0.1) is 30.2 Å². The second kappa shape index (κ2) is 10.8. The maximum Gasteiger partial charge on any atom is 0.257 e. The third-order valence-electron chi connectivity index (χ3n) is 5.19. The van der Waals surface area contributed by atoms with E-state index in [2.05, 4.69) is 10.6 Å². The van der Waals surface area contributed by atoms with Gasteiger partial charge in [-0.15, -0.1) is 0 Å². The van der Waals surface area contributed by atoms with Crippen molar-refractivity contribution in [3.8, 4) is 5.75 Å². The van der Waals surface area contributed by atoms with Crippen molar-refractivity contribution in [1.29, 1.82) is 0 Å². The molecule has 1 aliphatic carbocycles. The number of hydrogen-bond donors (Lipinski definition) is 4. The summed E-state index contributed by atoms with van der Waals surface area (Å²) in [6.07, 6.45) is -1.24. The molecule has 1 saturated heterocycles. The number of anilines is 1. The molecule has 1 amide bonds. The van der Waals surface area contributed by atoms with Gasteiger partial charge in [0.1, 0.15) is 5.70 Å². The topological polar surface area (TPSA) is 111 Å². The van der Waals surface area contributed by atoms with Crippen LogP contribution in [-0.4, -0.2) is 59.2 Å². The number of carbonyl (C=O) groups is 2. The Hall–Kier alpha value is -3.36. The molecule has 8 nitrogen and oxygen atoms in total. The summed E-state index contributed by atoms with van der Waals surface area (Å²) in [4.78, 5) is 26.5. The number of Topliss-reactive ketones (excluding diaryl/α,β-unsaturated/α-hetero) is 1. The van der Waals surface area contributed by atoms with Gasteiger partial charge in [-0.25, -0.2) is 0 Å². The van der Waals surface area contributed by atoms with Crippen molar-refractivity contribution in [2.45, 2.75) is 26.5 Å². The van der Waals surface area contributed by atoms with Crippen molar-refractivity contribution < 1.29 is 24.5 Å². The largest absolute Gasteiger partial charge is 0.505 e. The normalized spacial score (nSPS) is 17.8. The van der Waals surface area contributed by atoms with Crippen LogP contribution in [0.2, 0.25) is 0 Å². The van der Waals surface area contributed by atoms with Gasteiger partial charge in [-0.1, -0.05) is 50.2 Å². The Bertz CT molecular complexity index is 984. The molecule has 4 rings (SSSR count). The van der Waals surface area contributed by atoms with Gasteiger partial charge in [0.2, 0.25) is 5.78 Å². The number of nitrogens with zero attached hydrogens (tertiary/aromatic N) is 1. The minimum atomic E-state index is -1.24. The first kappa shape index (κ1) is 23.3. The van der Waals surface area contributed by atoms with Crippen LogP contribution in [0.15, 0.2) is 59.9 Å². The van der Waals surface area contributed by atoms with Crippen LogP contribution >= 0.6 is 0 Å². The SMILES string of the molecule is CC.O=C1C(Nc2cccc(C(=O)N3CCOCC3)c2O)=C(NCc2ccccc2)C1O. The molecule has 4 N–H and O–H groups in total. The monoisotopic (exact) mass is 439 g/mol. The summed E-state index contributed by atoms with van der Waals surface area (Å²) in [5, 5.41) is 26.6. The minimum Gasteiger partial charge on any atom is -0.505 e. The van der Waals surface area contributed by atoms with Gasteiger partial charge in [-0.2, -0.15) is 0 Å². The maximum absolute atomic E-state index is 12.7. The number of aliphatic hydroxyl groups excluding tert-OH is 1. The lowest BCUT2D eigenvalue weighted by Gasteiger charge is -2.30. The molecule has 2 aliphatic rings. The minimum absolute atomic E-state index is 0.147. The number of hydrogen-bond acceptors (Lipinski definition) is 7. The average molecular weight is 440 g/mol. The Labute approximate surface area is 187 Å². The van der Waals surface area contributed by atoms with E-state index in [0.29, 0.717) is 38.5 Å². The number of para-hydroxylation sites is 1. The summed E-state index contributed by atoms with van der Waals surface area (Å²) >= 11 is 0. The fourth-order valence-electron chi connectivity index (χ4n) is 3.46. The van der Waals surface area contributed by atoms with Crippen LogP contribution in [0.25, 0.3) is 0 Å². The van der Waals surface area contributed by atoms with E-state index >= 15 is 0 Å². The molecule has 2 aromatic rings. The van der Waals surface area contributed by atoms with Crippen molar-refractivity contribution in [3.05, 3.63) is 71.1 Å². The molecule has 1 atom stereocenters. The van der Waals surface area contributed by atoms with Crippen molar-refractivity contribution in [2.75, 3.05) is 31.6 Å². The van der Waals surface area contributed by atoms with E-state index in [0.717, 1.165) is 5.56 Å². The van der Waals surface area contributed by atoms with Gasteiger partial charge < -0.3 is 30.5 Å². The number of amides is 1. The summed E-state index contributed by atoms with van der Waals surface area (Å²) in [7, 11) is 0. The summed E-state index contributed by atoms with van der Waals surface area (Å²) in [5.41, 5.74) is 1.90. The lowest BCUT2D eigenvalue weighted by atomic mass is 9.94. The number of nitrogens with one attached hydrogen (secondary N) is 2. The van der Waals surface area contributed by atoms with Crippen molar-refractivity contribution in [3.63, 3.8) is 0 Å². The van der Waals surface area contributed by atoms with Gasteiger partial charge >= 0.3 is 0 Å². The molecule has 0 radical (unpaired) electrons. The highest BCUT2D eigenvalue weighted by Crippen LogP contribution is 2.33. The zero-order chi connectivity index (χ0) is 23.1. The number of carbonyl (C=O) groups excluding carboxylic acids is 2. The number of morpholine rings is 1. The molecule has 8 heteroatoms. The molecule has 0 spiro atoms. The predicted molar refractivity (Wildman–Crippen MR) is 121 cm³/mol. The van der Waals surface area contributed by atoms with Crippen LogP contribution in [0.5, 0.6) is 5.75 Å². The number of benzene rings is 2. The highest BCUT2D eigenvalue weighted by molar-refractivity contribution is 6.11. The number of ether oxygens (including phenoxy) is 1. The first-order valence-corrected chi connectivity index (χ1v) is 10.8. The molecular weight excluding hydrogens is 410 g/mol. The Balaban J connectivity index is 0.00000141. The van der Waals surface area contributed by atoms with Crippen LogP contribution in [0.3, 0.4) is 0 Å². The van der Waals surface area contributed by atoms with Gasteiger partial charge in [0.25, 0.3) is 5.91 Å². The third-order valence-corrected chi connectivity index (χ3v) is 5.19. The van der Waals surface area contributed by atoms with E-state index in [4.69, 9.17) is 4.74 Å². The molecule has 1 unspecified atom stereocenters. The van der Waals surface area contributed by atoms with Crippen molar-refractivity contribution >= 4 is 17.4 Å². The van der Waals surface area contributed by atoms with E-state index in [9.17, 15) is 19.8 Å². The third kappa shape index (κ3) is 4.92. The Morgan fingerprint density at radius 2 is 1.78 bits per heavy atom. The number of aliphatic hydroxyl groups is 1. The van der Waals surface area contributed by atoms with E-state index in [1.54, 1.807) is 23.1 Å². The van der Waals surface area contributed by atoms with Crippen LogP contribution in [0.1, 0.15) is 29.8 Å².